The molecule has 1 fully saturated rings. The third-order valence-electron chi connectivity index (χ3n) is 5.47. The van der Waals surface area contributed by atoms with Crippen LogP contribution in [0.3, 0.4) is 0 Å². The monoisotopic (exact) mass is 427 g/mol. The molecular formula is C24H26ClNO4. The maximum atomic E-state index is 12.6. The molecule has 0 bridgehead atoms. The number of hydrogen-bond acceptors (Lipinski definition) is 4. The fraction of sp³-hybridized carbons (Fsp3) is 0.375. The Balaban J connectivity index is 1.45. The second kappa shape index (κ2) is 9.65. The summed E-state index contributed by atoms with van der Waals surface area (Å²) in [5, 5.41) is 12.8. The van der Waals surface area contributed by atoms with Crippen LogP contribution in [0.4, 0.5) is 0 Å². The van der Waals surface area contributed by atoms with Gasteiger partial charge in [0.1, 0.15) is 0 Å². The Labute approximate surface area is 181 Å². The summed E-state index contributed by atoms with van der Waals surface area (Å²) in [7, 11) is 0. The number of benzene rings is 2. The van der Waals surface area contributed by atoms with E-state index >= 15 is 0 Å². The number of nitrogens with one attached hydrogen (secondary N) is 1. The van der Waals surface area contributed by atoms with Gasteiger partial charge in [-0.25, -0.2) is 0 Å². The number of halogens is 1. The van der Waals surface area contributed by atoms with E-state index < -0.39 is 6.29 Å². The largest absolute Gasteiger partial charge is 0.459 e. The van der Waals surface area contributed by atoms with Gasteiger partial charge in [-0.15, -0.1) is 0 Å². The van der Waals surface area contributed by atoms with E-state index in [0.717, 1.165) is 16.7 Å². The number of carbonyl (C=O) groups is 1. The van der Waals surface area contributed by atoms with Crippen molar-refractivity contribution in [3.8, 4) is 0 Å². The Kier molecular flexibility index (Phi) is 6.72. The van der Waals surface area contributed by atoms with Crippen molar-refractivity contribution in [2.24, 2.45) is 5.92 Å². The number of aliphatic hydroxyl groups excluding tert-OH is 1. The van der Waals surface area contributed by atoms with E-state index in [1.54, 1.807) is 0 Å². The molecule has 2 atom stereocenters. The van der Waals surface area contributed by atoms with Crippen LogP contribution in [-0.4, -0.2) is 23.8 Å². The van der Waals surface area contributed by atoms with Crippen molar-refractivity contribution >= 4 is 17.5 Å². The number of rotatable bonds is 8. The van der Waals surface area contributed by atoms with Crippen molar-refractivity contribution in [2.45, 2.75) is 44.7 Å². The lowest BCUT2D eigenvalue weighted by molar-refractivity contribution is -0.150. The van der Waals surface area contributed by atoms with E-state index in [0.29, 0.717) is 36.3 Å². The van der Waals surface area contributed by atoms with Gasteiger partial charge in [-0.3, -0.25) is 4.79 Å². The summed E-state index contributed by atoms with van der Waals surface area (Å²) < 4.78 is 11.9. The molecule has 1 saturated carbocycles. The number of hydrogen-bond donors (Lipinski definition) is 2. The number of carbonyl (C=O) groups excluding carboxylic acids is 1. The lowest BCUT2D eigenvalue weighted by atomic mass is 9.93. The smallest absolute Gasteiger partial charge is 0.286 e. The molecule has 30 heavy (non-hydrogen) atoms. The van der Waals surface area contributed by atoms with Crippen molar-refractivity contribution in [2.75, 3.05) is 6.54 Å². The first-order chi connectivity index (χ1) is 14.6. The molecule has 2 aromatic carbocycles. The molecule has 0 aromatic heterocycles. The molecule has 1 amide bonds. The zero-order chi connectivity index (χ0) is 20.9. The van der Waals surface area contributed by atoms with Gasteiger partial charge in [-0.1, -0.05) is 48.0 Å². The van der Waals surface area contributed by atoms with E-state index in [9.17, 15) is 9.90 Å². The Morgan fingerprint density at radius 2 is 1.80 bits per heavy atom. The Bertz CT molecular complexity index is 890. The highest BCUT2D eigenvalue weighted by atomic mass is 35.5. The third-order valence-corrected chi connectivity index (χ3v) is 5.72. The first-order valence-electron chi connectivity index (χ1n) is 10.3. The zero-order valence-electron chi connectivity index (χ0n) is 16.7. The minimum Gasteiger partial charge on any atom is -0.459 e. The SMILES string of the molecule is O=C(NCC1CC1)C1=C[C@H](c2ccc(Cl)cc2)C[C@H](OCc2ccc(CO)cc2)O1. The molecule has 0 radical (unpaired) electrons. The molecule has 1 heterocycles. The van der Waals surface area contributed by atoms with Crippen molar-refractivity contribution in [1.82, 2.24) is 5.32 Å². The van der Waals surface area contributed by atoms with Crippen LogP contribution in [0.25, 0.3) is 0 Å². The van der Waals surface area contributed by atoms with Crippen LogP contribution in [0, 0.1) is 5.92 Å². The minimum absolute atomic E-state index is 0.000503. The Morgan fingerprint density at radius 1 is 1.10 bits per heavy atom. The standard InChI is InChI=1S/C24H26ClNO4/c25-21-9-7-19(8-10-21)20-11-22(24(28)26-13-16-1-2-16)30-23(12-20)29-15-18-5-3-17(14-27)4-6-18/h3-11,16,20,23,27H,1-2,12-15H2,(H,26,28)/t20-,23+/m0/s1. The van der Waals surface area contributed by atoms with Gasteiger partial charge in [0.15, 0.2) is 5.76 Å². The fourth-order valence-electron chi connectivity index (χ4n) is 3.44. The van der Waals surface area contributed by atoms with Crippen molar-refractivity contribution in [3.05, 3.63) is 82.1 Å². The molecule has 0 spiro atoms. The van der Waals surface area contributed by atoms with Gasteiger partial charge < -0.3 is 19.9 Å². The molecule has 1 aliphatic carbocycles. The van der Waals surface area contributed by atoms with Crippen molar-refractivity contribution in [3.63, 3.8) is 0 Å². The van der Waals surface area contributed by atoms with Gasteiger partial charge in [0.05, 0.1) is 13.2 Å². The first kappa shape index (κ1) is 20.9. The van der Waals surface area contributed by atoms with Crippen LogP contribution in [0.1, 0.15) is 41.9 Å². The summed E-state index contributed by atoms with van der Waals surface area (Å²) in [4.78, 5) is 12.6. The van der Waals surface area contributed by atoms with Crippen LogP contribution < -0.4 is 5.32 Å². The second-order valence-corrected chi connectivity index (χ2v) is 8.35. The number of allylic oxidation sites excluding steroid dienone is 1. The van der Waals surface area contributed by atoms with E-state index in [1.165, 1.54) is 12.8 Å². The van der Waals surface area contributed by atoms with E-state index in [2.05, 4.69) is 5.32 Å². The number of ether oxygens (including phenoxy) is 2. The number of amides is 1. The Hall–Kier alpha value is -2.34. The van der Waals surface area contributed by atoms with E-state index in [1.807, 2.05) is 54.6 Å². The number of aliphatic hydroxyl groups is 1. The summed E-state index contributed by atoms with van der Waals surface area (Å²) in [5.74, 6) is 0.711. The fourth-order valence-corrected chi connectivity index (χ4v) is 3.56. The highest BCUT2D eigenvalue weighted by Crippen LogP contribution is 2.33. The molecule has 2 aromatic rings. The molecule has 2 aliphatic rings. The summed E-state index contributed by atoms with van der Waals surface area (Å²) in [6, 6.07) is 15.2. The maximum absolute atomic E-state index is 12.6. The predicted molar refractivity (Wildman–Crippen MR) is 115 cm³/mol. The molecule has 0 unspecified atom stereocenters. The van der Waals surface area contributed by atoms with Crippen LogP contribution in [0.5, 0.6) is 0 Å². The molecular weight excluding hydrogens is 402 g/mol. The highest BCUT2D eigenvalue weighted by molar-refractivity contribution is 6.30. The van der Waals surface area contributed by atoms with Crippen LogP contribution in [0.2, 0.25) is 5.02 Å². The van der Waals surface area contributed by atoms with Crippen molar-refractivity contribution in [1.29, 1.82) is 0 Å². The highest BCUT2D eigenvalue weighted by Gasteiger charge is 2.30. The van der Waals surface area contributed by atoms with Gasteiger partial charge >= 0.3 is 0 Å². The molecule has 158 valence electrons. The summed E-state index contributed by atoms with van der Waals surface area (Å²) in [6.07, 6.45) is 4.30. The quantitative estimate of drug-likeness (QED) is 0.659. The van der Waals surface area contributed by atoms with Crippen LogP contribution >= 0.6 is 11.6 Å². The molecule has 4 rings (SSSR count). The second-order valence-electron chi connectivity index (χ2n) is 7.91. The third kappa shape index (κ3) is 5.63. The summed E-state index contributed by atoms with van der Waals surface area (Å²) in [6.45, 7) is 1.06. The van der Waals surface area contributed by atoms with Crippen LogP contribution in [0.15, 0.2) is 60.4 Å². The molecule has 2 N–H and O–H groups in total. The Morgan fingerprint density at radius 3 is 2.47 bits per heavy atom. The van der Waals surface area contributed by atoms with Gasteiger partial charge in [-0.2, -0.15) is 0 Å². The molecule has 0 saturated heterocycles. The van der Waals surface area contributed by atoms with Gasteiger partial charge in [0.2, 0.25) is 6.29 Å². The molecule has 1 aliphatic heterocycles. The van der Waals surface area contributed by atoms with Crippen LogP contribution in [-0.2, 0) is 27.5 Å². The zero-order valence-corrected chi connectivity index (χ0v) is 17.5. The minimum atomic E-state index is -0.533. The molecule has 5 nitrogen and oxygen atoms in total. The van der Waals surface area contributed by atoms with E-state index in [-0.39, 0.29) is 18.4 Å². The molecule has 6 heteroatoms. The predicted octanol–water partition coefficient (Wildman–Crippen LogP) is 4.29. The van der Waals surface area contributed by atoms with Gasteiger partial charge in [0, 0.05) is 23.9 Å². The lowest BCUT2D eigenvalue weighted by Crippen LogP contribution is -2.33. The van der Waals surface area contributed by atoms with Crippen molar-refractivity contribution < 1.29 is 19.4 Å². The maximum Gasteiger partial charge on any atom is 0.286 e. The van der Waals surface area contributed by atoms with E-state index in [4.69, 9.17) is 21.1 Å². The van der Waals surface area contributed by atoms with Gasteiger partial charge in [-0.05, 0) is 53.7 Å². The van der Waals surface area contributed by atoms with Gasteiger partial charge in [0.25, 0.3) is 5.91 Å². The average molecular weight is 428 g/mol. The average Bonchev–Trinajstić information content (AvgIpc) is 3.61. The summed E-state index contributed by atoms with van der Waals surface area (Å²) in [5.41, 5.74) is 2.90. The lowest BCUT2D eigenvalue weighted by Gasteiger charge is -2.29. The normalized spacial score (nSPS) is 20.9. The summed E-state index contributed by atoms with van der Waals surface area (Å²) >= 11 is 6.03. The topological polar surface area (TPSA) is 67.8 Å². The first-order valence-corrected chi connectivity index (χ1v) is 10.7.